The number of hydrogen-bond acceptors (Lipinski definition) is 3. The summed E-state index contributed by atoms with van der Waals surface area (Å²) in [6.07, 6.45) is 7.18. The van der Waals surface area contributed by atoms with Crippen molar-refractivity contribution in [2.24, 2.45) is 11.7 Å². The fourth-order valence-corrected chi connectivity index (χ4v) is 2.62. The maximum Gasteiger partial charge on any atom is 0.236 e. The van der Waals surface area contributed by atoms with Crippen LogP contribution < -0.4 is 11.1 Å². The van der Waals surface area contributed by atoms with Gasteiger partial charge in [-0.25, -0.2) is 0 Å². The monoisotopic (exact) mass is 269 g/mol. The SMILES string of the molecule is CC(C)C[C@H](N)C(=O)NCCCN1CCCCCC1. The lowest BCUT2D eigenvalue weighted by atomic mass is 10.0. The van der Waals surface area contributed by atoms with Gasteiger partial charge in [0.25, 0.3) is 0 Å². The van der Waals surface area contributed by atoms with Gasteiger partial charge in [0.15, 0.2) is 0 Å². The van der Waals surface area contributed by atoms with Crippen LogP contribution in [0.2, 0.25) is 0 Å². The third kappa shape index (κ3) is 7.53. The van der Waals surface area contributed by atoms with Gasteiger partial charge in [0.1, 0.15) is 0 Å². The minimum absolute atomic E-state index is 0.00423. The van der Waals surface area contributed by atoms with Gasteiger partial charge in [-0.15, -0.1) is 0 Å². The summed E-state index contributed by atoms with van der Waals surface area (Å²) in [6.45, 7) is 8.47. The van der Waals surface area contributed by atoms with Gasteiger partial charge >= 0.3 is 0 Å². The van der Waals surface area contributed by atoms with E-state index in [0.29, 0.717) is 5.92 Å². The second-order valence-electron chi connectivity index (χ2n) is 6.14. The summed E-state index contributed by atoms with van der Waals surface area (Å²) in [7, 11) is 0. The summed E-state index contributed by atoms with van der Waals surface area (Å²) >= 11 is 0. The Labute approximate surface area is 118 Å². The molecule has 1 heterocycles. The van der Waals surface area contributed by atoms with Gasteiger partial charge in [-0.1, -0.05) is 26.7 Å². The van der Waals surface area contributed by atoms with Crippen molar-refractivity contribution in [3.05, 3.63) is 0 Å². The van der Waals surface area contributed by atoms with Crippen LogP contribution in [0.3, 0.4) is 0 Å². The van der Waals surface area contributed by atoms with E-state index >= 15 is 0 Å². The van der Waals surface area contributed by atoms with E-state index < -0.39 is 0 Å². The average molecular weight is 269 g/mol. The van der Waals surface area contributed by atoms with Crippen LogP contribution in [0.4, 0.5) is 0 Å². The van der Waals surface area contributed by atoms with Crippen molar-refractivity contribution in [2.75, 3.05) is 26.2 Å². The molecule has 0 radical (unpaired) electrons. The van der Waals surface area contributed by atoms with Crippen molar-refractivity contribution >= 4 is 5.91 Å². The van der Waals surface area contributed by atoms with Crippen LogP contribution in [-0.4, -0.2) is 43.0 Å². The molecule has 3 N–H and O–H groups in total. The molecule has 0 aromatic carbocycles. The van der Waals surface area contributed by atoms with E-state index in [1.54, 1.807) is 0 Å². The zero-order valence-electron chi connectivity index (χ0n) is 12.7. The molecule has 4 heteroatoms. The van der Waals surface area contributed by atoms with E-state index in [2.05, 4.69) is 24.1 Å². The van der Waals surface area contributed by atoms with Crippen molar-refractivity contribution in [3.8, 4) is 0 Å². The molecular weight excluding hydrogens is 238 g/mol. The van der Waals surface area contributed by atoms with E-state index in [9.17, 15) is 4.79 Å². The molecule has 0 aromatic rings. The maximum absolute atomic E-state index is 11.7. The second kappa shape index (κ2) is 9.32. The maximum atomic E-state index is 11.7. The number of rotatable bonds is 7. The first-order chi connectivity index (χ1) is 9.09. The highest BCUT2D eigenvalue weighted by atomic mass is 16.2. The number of hydrogen-bond donors (Lipinski definition) is 2. The summed E-state index contributed by atoms with van der Waals surface area (Å²) in [5, 5.41) is 2.95. The number of carbonyl (C=O) groups is 1. The number of carbonyl (C=O) groups excluding carboxylic acids is 1. The Kier molecular flexibility index (Phi) is 8.07. The minimum atomic E-state index is -0.349. The number of likely N-dealkylation sites (tertiary alicyclic amines) is 1. The van der Waals surface area contributed by atoms with Crippen LogP contribution in [0.5, 0.6) is 0 Å². The molecular formula is C15H31N3O. The Morgan fingerprint density at radius 3 is 2.42 bits per heavy atom. The molecule has 1 atom stereocenters. The van der Waals surface area contributed by atoms with Crippen molar-refractivity contribution < 1.29 is 4.79 Å². The number of amides is 1. The molecule has 0 spiro atoms. The van der Waals surface area contributed by atoms with Crippen LogP contribution in [0.15, 0.2) is 0 Å². The third-order valence-corrected chi connectivity index (χ3v) is 3.71. The highest BCUT2D eigenvalue weighted by Gasteiger charge is 2.14. The Morgan fingerprint density at radius 1 is 1.21 bits per heavy atom. The first-order valence-electron chi connectivity index (χ1n) is 7.85. The van der Waals surface area contributed by atoms with Crippen LogP contribution in [0.25, 0.3) is 0 Å². The molecule has 1 amide bonds. The molecule has 0 saturated carbocycles. The zero-order chi connectivity index (χ0) is 14.1. The lowest BCUT2D eigenvalue weighted by Gasteiger charge is -2.20. The third-order valence-electron chi connectivity index (χ3n) is 3.71. The van der Waals surface area contributed by atoms with Gasteiger partial charge in [0, 0.05) is 6.54 Å². The predicted octanol–water partition coefficient (Wildman–Crippen LogP) is 1.74. The van der Waals surface area contributed by atoms with Crippen molar-refractivity contribution in [3.63, 3.8) is 0 Å². The quantitative estimate of drug-likeness (QED) is 0.692. The number of nitrogens with one attached hydrogen (secondary N) is 1. The van der Waals surface area contributed by atoms with Gasteiger partial charge in [0.05, 0.1) is 6.04 Å². The van der Waals surface area contributed by atoms with Crippen LogP contribution in [-0.2, 0) is 4.79 Å². The van der Waals surface area contributed by atoms with Gasteiger partial charge in [-0.05, 0) is 51.2 Å². The number of nitrogens with two attached hydrogens (primary N) is 1. The lowest BCUT2D eigenvalue weighted by Crippen LogP contribution is -2.42. The summed E-state index contributed by atoms with van der Waals surface area (Å²) in [5.74, 6) is 0.474. The largest absolute Gasteiger partial charge is 0.355 e. The normalized spacial score (nSPS) is 19.2. The molecule has 0 aliphatic carbocycles. The lowest BCUT2D eigenvalue weighted by molar-refractivity contribution is -0.122. The Hall–Kier alpha value is -0.610. The van der Waals surface area contributed by atoms with Crippen LogP contribution in [0, 0.1) is 5.92 Å². The molecule has 0 unspecified atom stereocenters. The summed E-state index contributed by atoms with van der Waals surface area (Å²) in [6, 6.07) is -0.349. The molecule has 0 bridgehead atoms. The van der Waals surface area contributed by atoms with Gasteiger partial charge in [0.2, 0.25) is 5.91 Å². The Bertz CT molecular complexity index is 248. The molecule has 1 rings (SSSR count). The summed E-state index contributed by atoms with van der Waals surface area (Å²) in [4.78, 5) is 14.3. The van der Waals surface area contributed by atoms with E-state index in [0.717, 1.165) is 25.9 Å². The van der Waals surface area contributed by atoms with E-state index in [4.69, 9.17) is 5.73 Å². The molecule has 112 valence electrons. The predicted molar refractivity (Wildman–Crippen MR) is 80.0 cm³/mol. The highest BCUT2D eigenvalue weighted by molar-refractivity contribution is 5.81. The Balaban J connectivity index is 2.07. The van der Waals surface area contributed by atoms with Crippen molar-refractivity contribution in [1.82, 2.24) is 10.2 Å². The molecule has 1 saturated heterocycles. The zero-order valence-corrected chi connectivity index (χ0v) is 12.7. The number of nitrogens with zero attached hydrogens (tertiary/aromatic N) is 1. The molecule has 19 heavy (non-hydrogen) atoms. The van der Waals surface area contributed by atoms with Crippen molar-refractivity contribution in [1.29, 1.82) is 0 Å². The van der Waals surface area contributed by atoms with Crippen molar-refractivity contribution in [2.45, 2.75) is 58.4 Å². The fraction of sp³-hybridized carbons (Fsp3) is 0.933. The van der Waals surface area contributed by atoms with Gasteiger partial charge < -0.3 is 16.0 Å². The van der Waals surface area contributed by atoms with Gasteiger partial charge in [-0.3, -0.25) is 4.79 Å². The van der Waals surface area contributed by atoms with Crippen LogP contribution in [0.1, 0.15) is 52.4 Å². The highest BCUT2D eigenvalue weighted by Crippen LogP contribution is 2.09. The molecule has 0 aromatic heterocycles. The minimum Gasteiger partial charge on any atom is -0.355 e. The molecule has 4 nitrogen and oxygen atoms in total. The standard InChI is InChI=1S/C15H31N3O/c1-13(2)12-14(16)15(19)17-8-7-11-18-9-5-3-4-6-10-18/h13-14H,3-12,16H2,1-2H3,(H,17,19)/t14-/m0/s1. The second-order valence-corrected chi connectivity index (χ2v) is 6.14. The first-order valence-corrected chi connectivity index (χ1v) is 7.85. The fourth-order valence-electron chi connectivity index (χ4n) is 2.62. The summed E-state index contributed by atoms with van der Waals surface area (Å²) < 4.78 is 0. The van der Waals surface area contributed by atoms with E-state index in [1.807, 2.05) is 0 Å². The molecule has 1 fully saturated rings. The van der Waals surface area contributed by atoms with E-state index in [1.165, 1.54) is 38.8 Å². The van der Waals surface area contributed by atoms with Gasteiger partial charge in [-0.2, -0.15) is 0 Å². The topological polar surface area (TPSA) is 58.4 Å². The molecule has 1 aliphatic rings. The van der Waals surface area contributed by atoms with E-state index in [-0.39, 0.29) is 11.9 Å². The summed E-state index contributed by atoms with van der Waals surface area (Å²) in [5.41, 5.74) is 5.84. The molecule has 1 aliphatic heterocycles. The Morgan fingerprint density at radius 2 is 1.84 bits per heavy atom. The average Bonchev–Trinajstić information content (AvgIpc) is 2.62. The first kappa shape index (κ1) is 16.4. The van der Waals surface area contributed by atoms with Crippen LogP contribution >= 0.6 is 0 Å². The smallest absolute Gasteiger partial charge is 0.236 e.